The van der Waals surface area contributed by atoms with Gasteiger partial charge in [-0.1, -0.05) is 16.7 Å². The third-order valence-electron chi connectivity index (χ3n) is 4.52. The first-order chi connectivity index (χ1) is 14.0. The topological polar surface area (TPSA) is 102 Å². The van der Waals surface area contributed by atoms with E-state index < -0.39 is 29.5 Å². The van der Waals surface area contributed by atoms with Gasteiger partial charge < -0.3 is 19.8 Å². The van der Waals surface area contributed by atoms with Crippen LogP contribution in [0.1, 0.15) is 11.5 Å². The van der Waals surface area contributed by atoms with E-state index in [9.17, 15) is 13.6 Å². The summed E-state index contributed by atoms with van der Waals surface area (Å²) in [4.78, 5) is 16.2. The number of rotatable bonds is 5. The Kier molecular flexibility index (Phi) is 5.01. The molecule has 0 bridgehead atoms. The Morgan fingerprint density at radius 2 is 2.03 bits per heavy atom. The summed E-state index contributed by atoms with van der Waals surface area (Å²) >= 11 is 5.75. The molecule has 150 valence electrons. The molecule has 8 nitrogen and oxygen atoms in total. The summed E-state index contributed by atoms with van der Waals surface area (Å²) in [7, 11) is 1.31. The van der Waals surface area contributed by atoms with Gasteiger partial charge in [0.2, 0.25) is 5.91 Å². The van der Waals surface area contributed by atoms with E-state index in [4.69, 9.17) is 20.8 Å². The molecule has 1 aromatic carbocycles. The highest BCUT2D eigenvalue weighted by Crippen LogP contribution is 2.33. The number of hydrogen-bond donors (Lipinski definition) is 2. The van der Waals surface area contributed by atoms with Crippen LogP contribution in [0.5, 0.6) is 5.75 Å². The van der Waals surface area contributed by atoms with Crippen LogP contribution in [0, 0.1) is 11.6 Å². The normalized spacial score (nSPS) is 18.6. The summed E-state index contributed by atoms with van der Waals surface area (Å²) in [5, 5.41) is 13.4. The van der Waals surface area contributed by atoms with Crippen molar-refractivity contribution >= 4 is 23.5 Å². The Balaban J connectivity index is 1.59. The largest absolute Gasteiger partial charge is 0.497 e. The number of anilines is 1. The average molecular weight is 422 g/mol. The number of carbonyl (C=O) groups excluding carboxylic acids is 1. The second-order valence-electron chi connectivity index (χ2n) is 6.26. The van der Waals surface area contributed by atoms with Crippen LogP contribution in [0.25, 0.3) is 11.5 Å². The van der Waals surface area contributed by atoms with Crippen molar-refractivity contribution < 1.29 is 22.7 Å². The van der Waals surface area contributed by atoms with Crippen LogP contribution in [-0.4, -0.2) is 40.8 Å². The predicted octanol–water partition coefficient (Wildman–Crippen LogP) is 2.77. The molecule has 3 aromatic rings. The number of aromatic nitrogens is 3. The summed E-state index contributed by atoms with van der Waals surface area (Å²) in [5.41, 5.74) is 0.290. The van der Waals surface area contributed by atoms with E-state index in [1.165, 1.54) is 13.3 Å². The van der Waals surface area contributed by atoms with Crippen molar-refractivity contribution in [2.24, 2.45) is 0 Å². The van der Waals surface area contributed by atoms with E-state index in [-0.39, 0.29) is 29.8 Å². The minimum atomic E-state index is -1.01. The highest BCUT2D eigenvalue weighted by atomic mass is 35.5. The fourth-order valence-corrected chi connectivity index (χ4v) is 3.23. The van der Waals surface area contributed by atoms with E-state index in [2.05, 4.69) is 25.8 Å². The number of benzene rings is 1. The van der Waals surface area contributed by atoms with Gasteiger partial charge in [0.05, 0.1) is 12.7 Å². The number of methoxy groups -OCH3 is 1. The molecule has 1 aliphatic heterocycles. The predicted molar refractivity (Wildman–Crippen MR) is 98.6 cm³/mol. The molecule has 1 saturated heterocycles. The molecule has 1 unspecified atom stereocenters. The molecule has 1 fully saturated rings. The molecule has 3 heterocycles. The Bertz CT molecular complexity index is 1040. The maximum absolute atomic E-state index is 14.5. The van der Waals surface area contributed by atoms with Gasteiger partial charge in [-0.25, -0.2) is 13.8 Å². The maximum atomic E-state index is 14.5. The molecule has 2 atom stereocenters. The SMILES string of the molecule is COc1cc(F)c(C2CNC(=O)[C@@H]2Nc2nnc(-c3ccc(Cl)nc3)o2)c(F)c1. The van der Waals surface area contributed by atoms with Crippen LogP contribution < -0.4 is 15.4 Å². The second kappa shape index (κ2) is 7.63. The van der Waals surface area contributed by atoms with Gasteiger partial charge in [-0.3, -0.25) is 4.79 Å². The first-order valence-electron chi connectivity index (χ1n) is 8.49. The van der Waals surface area contributed by atoms with Gasteiger partial charge in [0.15, 0.2) is 0 Å². The third-order valence-corrected chi connectivity index (χ3v) is 4.74. The van der Waals surface area contributed by atoms with Crippen molar-refractivity contribution in [3.63, 3.8) is 0 Å². The molecular weight excluding hydrogens is 408 g/mol. The van der Waals surface area contributed by atoms with Gasteiger partial charge in [0, 0.05) is 36.4 Å². The lowest BCUT2D eigenvalue weighted by Gasteiger charge is -2.19. The van der Waals surface area contributed by atoms with Gasteiger partial charge in [-0.2, -0.15) is 0 Å². The number of amides is 1. The van der Waals surface area contributed by atoms with E-state index in [1.807, 2.05) is 0 Å². The van der Waals surface area contributed by atoms with Crippen molar-refractivity contribution in [2.75, 3.05) is 19.0 Å². The van der Waals surface area contributed by atoms with Crippen LogP contribution in [0.2, 0.25) is 5.15 Å². The zero-order valence-corrected chi connectivity index (χ0v) is 15.7. The van der Waals surface area contributed by atoms with Gasteiger partial charge >= 0.3 is 6.01 Å². The minimum Gasteiger partial charge on any atom is -0.497 e. The Hall–Kier alpha value is -3.27. The molecule has 0 saturated carbocycles. The lowest BCUT2D eigenvalue weighted by molar-refractivity contribution is -0.119. The van der Waals surface area contributed by atoms with Crippen LogP contribution >= 0.6 is 11.6 Å². The fraction of sp³-hybridized carbons (Fsp3) is 0.222. The Labute approximate surface area is 168 Å². The summed E-state index contributed by atoms with van der Waals surface area (Å²) < 4.78 is 39.3. The summed E-state index contributed by atoms with van der Waals surface area (Å²) in [6, 6.07) is 4.25. The Morgan fingerprint density at radius 1 is 1.28 bits per heavy atom. The van der Waals surface area contributed by atoms with Crippen molar-refractivity contribution in [1.29, 1.82) is 0 Å². The monoisotopic (exact) mass is 421 g/mol. The number of ether oxygens (including phenoxy) is 1. The first-order valence-corrected chi connectivity index (χ1v) is 8.86. The van der Waals surface area contributed by atoms with Crippen LogP contribution in [0.3, 0.4) is 0 Å². The maximum Gasteiger partial charge on any atom is 0.316 e. The number of carbonyl (C=O) groups is 1. The molecular formula is C18H14ClF2N5O3. The molecule has 11 heteroatoms. The number of pyridine rings is 1. The molecule has 0 spiro atoms. The zero-order valence-electron chi connectivity index (χ0n) is 14.9. The molecule has 2 N–H and O–H groups in total. The number of halogens is 3. The summed E-state index contributed by atoms with van der Waals surface area (Å²) in [6.07, 6.45) is 1.45. The van der Waals surface area contributed by atoms with E-state index >= 15 is 0 Å². The molecule has 1 aliphatic rings. The second-order valence-corrected chi connectivity index (χ2v) is 6.65. The average Bonchev–Trinajstić information content (AvgIpc) is 3.30. The van der Waals surface area contributed by atoms with Crippen molar-refractivity contribution in [3.8, 4) is 17.2 Å². The molecule has 2 aromatic heterocycles. The molecule has 0 aliphatic carbocycles. The van der Waals surface area contributed by atoms with Gasteiger partial charge in [0.1, 0.15) is 28.6 Å². The lowest BCUT2D eigenvalue weighted by atomic mass is 9.93. The summed E-state index contributed by atoms with van der Waals surface area (Å²) in [6.45, 7) is 0.0404. The number of hydrogen-bond acceptors (Lipinski definition) is 7. The van der Waals surface area contributed by atoms with Crippen molar-refractivity contribution in [2.45, 2.75) is 12.0 Å². The van der Waals surface area contributed by atoms with E-state index in [1.54, 1.807) is 12.1 Å². The molecule has 29 heavy (non-hydrogen) atoms. The van der Waals surface area contributed by atoms with E-state index in [0.717, 1.165) is 12.1 Å². The highest BCUT2D eigenvalue weighted by molar-refractivity contribution is 6.29. The van der Waals surface area contributed by atoms with E-state index in [0.29, 0.717) is 10.7 Å². The first kappa shape index (κ1) is 19.1. The number of nitrogens with zero attached hydrogens (tertiary/aromatic N) is 3. The Morgan fingerprint density at radius 3 is 2.69 bits per heavy atom. The van der Waals surface area contributed by atoms with Gasteiger partial charge in [-0.15, -0.1) is 5.10 Å². The van der Waals surface area contributed by atoms with Crippen LogP contribution in [-0.2, 0) is 4.79 Å². The molecule has 1 amide bonds. The van der Waals surface area contributed by atoms with Gasteiger partial charge in [-0.05, 0) is 12.1 Å². The fourth-order valence-electron chi connectivity index (χ4n) is 3.12. The smallest absolute Gasteiger partial charge is 0.316 e. The highest BCUT2D eigenvalue weighted by Gasteiger charge is 2.40. The number of nitrogens with one attached hydrogen (secondary N) is 2. The lowest BCUT2D eigenvalue weighted by Crippen LogP contribution is -2.33. The van der Waals surface area contributed by atoms with Crippen LogP contribution in [0.4, 0.5) is 14.8 Å². The van der Waals surface area contributed by atoms with Crippen molar-refractivity contribution in [3.05, 3.63) is 52.8 Å². The van der Waals surface area contributed by atoms with Crippen molar-refractivity contribution in [1.82, 2.24) is 20.5 Å². The van der Waals surface area contributed by atoms with Crippen LogP contribution in [0.15, 0.2) is 34.9 Å². The quantitative estimate of drug-likeness (QED) is 0.611. The molecule has 4 rings (SSSR count). The van der Waals surface area contributed by atoms with Gasteiger partial charge in [0.25, 0.3) is 5.89 Å². The standard InChI is InChI=1S/C18H14ClF2N5O3/c1-28-9-4-11(20)14(12(21)5-9)10-7-23-16(27)15(10)24-18-26-25-17(29-18)8-2-3-13(19)22-6-8/h2-6,10,15H,7H2,1H3,(H,23,27)(H,24,26)/t10?,15-/m1/s1. The third kappa shape index (κ3) is 3.70. The zero-order chi connectivity index (χ0) is 20.5. The summed E-state index contributed by atoms with van der Waals surface area (Å²) in [5.74, 6) is -2.71. The molecule has 0 radical (unpaired) electrons. The minimum absolute atomic E-state index is 0.0404.